The molecule has 4 nitrogen and oxygen atoms in total. The van der Waals surface area contributed by atoms with E-state index in [1.54, 1.807) is 11.3 Å². The Morgan fingerprint density at radius 2 is 1.45 bits per heavy atom. The number of nitrogens with zero attached hydrogens (tertiary/aromatic N) is 2. The van der Waals surface area contributed by atoms with Crippen molar-refractivity contribution in [1.82, 2.24) is 10.3 Å². The number of anilines is 1. The molecule has 0 unspecified atom stereocenters. The number of hydrogen-bond donors (Lipinski definition) is 1. The Morgan fingerprint density at radius 1 is 0.871 bits per heavy atom. The van der Waals surface area contributed by atoms with E-state index in [-0.39, 0.29) is 17.9 Å². The van der Waals surface area contributed by atoms with Gasteiger partial charge in [0.2, 0.25) is 5.91 Å². The van der Waals surface area contributed by atoms with Crippen LogP contribution in [0, 0.1) is 5.92 Å². The number of aromatic nitrogens is 1. The summed E-state index contributed by atoms with van der Waals surface area (Å²) in [7, 11) is 0. The van der Waals surface area contributed by atoms with Crippen molar-refractivity contribution in [2.24, 2.45) is 5.92 Å². The first kappa shape index (κ1) is 19.8. The molecule has 156 valence electrons. The van der Waals surface area contributed by atoms with Crippen molar-refractivity contribution in [3.05, 3.63) is 96.1 Å². The lowest BCUT2D eigenvalue weighted by Crippen LogP contribution is -2.41. The van der Waals surface area contributed by atoms with E-state index in [1.807, 2.05) is 42.5 Å². The highest BCUT2D eigenvalue weighted by Gasteiger charge is 2.28. The number of thiazole rings is 1. The number of fused-ring (bicyclic) bond motifs is 1. The average Bonchev–Trinajstić information content (AvgIpc) is 3.28. The second-order valence-corrected chi connectivity index (χ2v) is 9.00. The molecule has 0 atom stereocenters. The summed E-state index contributed by atoms with van der Waals surface area (Å²) in [5.41, 5.74) is 3.26. The smallest absolute Gasteiger partial charge is 0.223 e. The van der Waals surface area contributed by atoms with Gasteiger partial charge in [0.1, 0.15) is 0 Å². The average molecular weight is 428 g/mol. The van der Waals surface area contributed by atoms with Crippen LogP contribution < -0.4 is 10.2 Å². The Morgan fingerprint density at radius 3 is 2.06 bits per heavy atom. The zero-order chi connectivity index (χ0) is 21.0. The predicted octanol–water partition coefficient (Wildman–Crippen LogP) is 5.42. The van der Waals surface area contributed by atoms with Gasteiger partial charge >= 0.3 is 0 Å². The molecular formula is C26H25N3OS. The molecule has 1 amide bonds. The molecular weight excluding hydrogens is 402 g/mol. The topological polar surface area (TPSA) is 45.2 Å². The monoisotopic (exact) mass is 427 g/mol. The number of amides is 1. The Kier molecular flexibility index (Phi) is 5.67. The summed E-state index contributed by atoms with van der Waals surface area (Å²) in [6.45, 7) is 1.72. The summed E-state index contributed by atoms with van der Waals surface area (Å²) in [6, 6.07) is 28.5. The second-order valence-electron chi connectivity index (χ2n) is 7.99. The first-order chi connectivity index (χ1) is 15.3. The van der Waals surface area contributed by atoms with Crippen molar-refractivity contribution in [1.29, 1.82) is 0 Å². The van der Waals surface area contributed by atoms with Gasteiger partial charge in [-0.3, -0.25) is 4.79 Å². The predicted molar refractivity (Wildman–Crippen MR) is 127 cm³/mol. The molecule has 0 bridgehead atoms. The largest absolute Gasteiger partial charge is 0.348 e. The van der Waals surface area contributed by atoms with Crippen molar-refractivity contribution < 1.29 is 4.79 Å². The maximum Gasteiger partial charge on any atom is 0.223 e. The molecule has 0 saturated carbocycles. The molecule has 4 aromatic rings. The molecule has 0 spiro atoms. The van der Waals surface area contributed by atoms with Crippen LogP contribution in [0.25, 0.3) is 10.2 Å². The quantitative estimate of drug-likeness (QED) is 0.463. The minimum atomic E-state index is -0.128. The molecule has 31 heavy (non-hydrogen) atoms. The molecule has 0 aliphatic carbocycles. The number of piperidine rings is 1. The van der Waals surface area contributed by atoms with Crippen LogP contribution in [0.15, 0.2) is 84.9 Å². The Bertz CT molecular complexity index is 1080. The van der Waals surface area contributed by atoms with E-state index in [0.717, 1.165) is 47.7 Å². The van der Waals surface area contributed by atoms with Gasteiger partial charge in [-0.05, 0) is 36.1 Å². The van der Waals surface area contributed by atoms with Crippen molar-refractivity contribution in [3.63, 3.8) is 0 Å². The van der Waals surface area contributed by atoms with Gasteiger partial charge in [-0.25, -0.2) is 4.98 Å². The Hall–Kier alpha value is -3.18. The standard InChI is InChI=1S/C26H25N3OS/c30-25(28-24(19-9-3-1-4-10-19)20-11-5-2-6-12-20)21-15-17-29(18-16-21)26-27-22-13-7-8-14-23(22)31-26/h1-14,21,24H,15-18H2,(H,28,30). The number of nitrogens with one attached hydrogen (secondary N) is 1. The van der Waals surface area contributed by atoms with Gasteiger partial charge in [0.05, 0.1) is 16.3 Å². The van der Waals surface area contributed by atoms with E-state index < -0.39 is 0 Å². The van der Waals surface area contributed by atoms with Crippen LogP contribution in [0.3, 0.4) is 0 Å². The molecule has 5 rings (SSSR count). The van der Waals surface area contributed by atoms with E-state index in [9.17, 15) is 4.79 Å². The summed E-state index contributed by atoms with van der Waals surface area (Å²) in [5, 5.41) is 4.39. The van der Waals surface area contributed by atoms with Gasteiger partial charge in [0.15, 0.2) is 5.13 Å². The third kappa shape index (κ3) is 4.32. The summed E-state index contributed by atoms with van der Waals surface area (Å²) in [4.78, 5) is 20.3. The molecule has 0 radical (unpaired) electrons. The van der Waals surface area contributed by atoms with Crippen molar-refractivity contribution >= 4 is 32.6 Å². The molecule has 2 heterocycles. The number of carbonyl (C=O) groups is 1. The summed E-state index contributed by atoms with van der Waals surface area (Å²) >= 11 is 1.73. The van der Waals surface area contributed by atoms with Crippen molar-refractivity contribution in [3.8, 4) is 0 Å². The normalized spacial score (nSPS) is 14.8. The van der Waals surface area contributed by atoms with Crippen LogP contribution in [0.2, 0.25) is 0 Å². The van der Waals surface area contributed by atoms with Gasteiger partial charge in [-0.1, -0.05) is 84.1 Å². The Balaban J connectivity index is 1.27. The van der Waals surface area contributed by atoms with Crippen molar-refractivity contribution in [2.75, 3.05) is 18.0 Å². The third-order valence-corrected chi connectivity index (χ3v) is 7.07. The van der Waals surface area contributed by atoms with Gasteiger partial charge < -0.3 is 10.2 Å². The zero-order valence-electron chi connectivity index (χ0n) is 17.3. The van der Waals surface area contributed by atoms with Crippen LogP contribution in [0.4, 0.5) is 5.13 Å². The first-order valence-corrected chi connectivity index (χ1v) is 11.6. The molecule has 1 aromatic heterocycles. The van der Waals surface area contributed by atoms with Gasteiger partial charge in [-0.15, -0.1) is 0 Å². The van der Waals surface area contributed by atoms with E-state index >= 15 is 0 Å². The molecule has 1 N–H and O–H groups in total. The lowest BCUT2D eigenvalue weighted by molar-refractivity contribution is -0.126. The number of benzene rings is 3. The molecule has 1 aliphatic heterocycles. The third-order valence-electron chi connectivity index (χ3n) is 5.97. The summed E-state index contributed by atoms with van der Waals surface area (Å²) in [5.74, 6) is 0.169. The number of hydrogen-bond acceptors (Lipinski definition) is 4. The second kappa shape index (κ2) is 8.90. The van der Waals surface area contributed by atoms with E-state index in [1.165, 1.54) is 4.70 Å². The molecule has 3 aromatic carbocycles. The highest BCUT2D eigenvalue weighted by atomic mass is 32.1. The van der Waals surface area contributed by atoms with Gasteiger partial charge in [-0.2, -0.15) is 0 Å². The fraction of sp³-hybridized carbons (Fsp3) is 0.231. The lowest BCUT2D eigenvalue weighted by Gasteiger charge is -2.32. The minimum Gasteiger partial charge on any atom is -0.348 e. The van der Waals surface area contributed by atoms with Crippen LogP contribution in [0.1, 0.15) is 30.0 Å². The molecule has 1 fully saturated rings. The SMILES string of the molecule is O=C(NC(c1ccccc1)c1ccccc1)C1CCN(c2nc3ccccc3s2)CC1. The highest BCUT2D eigenvalue weighted by Crippen LogP contribution is 2.32. The van der Waals surface area contributed by atoms with E-state index in [4.69, 9.17) is 4.98 Å². The van der Waals surface area contributed by atoms with E-state index in [2.05, 4.69) is 52.7 Å². The highest BCUT2D eigenvalue weighted by molar-refractivity contribution is 7.22. The maximum absolute atomic E-state index is 13.2. The zero-order valence-corrected chi connectivity index (χ0v) is 18.1. The molecule has 1 saturated heterocycles. The molecule has 1 aliphatic rings. The number of rotatable bonds is 5. The number of para-hydroxylation sites is 1. The lowest BCUT2D eigenvalue weighted by atomic mass is 9.93. The fourth-order valence-corrected chi connectivity index (χ4v) is 5.26. The van der Waals surface area contributed by atoms with Gasteiger partial charge in [0, 0.05) is 19.0 Å². The number of carbonyl (C=O) groups excluding carboxylic acids is 1. The van der Waals surface area contributed by atoms with Gasteiger partial charge in [0.25, 0.3) is 0 Å². The van der Waals surface area contributed by atoms with Crippen LogP contribution in [-0.2, 0) is 4.79 Å². The van der Waals surface area contributed by atoms with Crippen molar-refractivity contribution in [2.45, 2.75) is 18.9 Å². The summed E-state index contributed by atoms with van der Waals surface area (Å²) in [6.07, 6.45) is 1.69. The van der Waals surface area contributed by atoms with E-state index in [0.29, 0.717) is 0 Å². The van der Waals surface area contributed by atoms with Crippen LogP contribution in [0.5, 0.6) is 0 Å². The first-order valence-electron chi connectivity index (χ1n) is 10.8. The van der Waals surface area contributed by atoms with Crippen LogP contribution in [-0.4, -0.2) is 24.0 Å². The minimum absolute atomic E-state index is 0.0283. The van der Waals surface area contributed by atoms with Crippen LogP contribution >= 0.6 is 11.3 Å². The molecule has 5 heteroatoms. The summed E-state index contributed by atoms with van der Waals surface area (Å²) < 4.78 is 1.21. The Labute approximate surface area is 186 Å². The maximum atomic E-state index is 13.2. The fourth-order valence-electron chi connectivity index (χ4n) is 4.24.